The predicted molar refractivity (Wildman–Crippen MR) is 101 cm³/mol. The molecule has 0 fully saturated rings. The molecule has 0 saturated heterocycles. The molecule has 0 saturated carbocycles. The number of aryl methyl sites for hydroxylation is 1. The molecule has 0 unspecified atom stereocenters. The summed E-state index contributed by atoms with van der Waals surface area (Å²) in [6, 6.07) is 16.6. The topological polar surface area (TPSA) is 74.3 Å². The maximum absolute atomic E-state index is 12.9. The number of nitriles is 1. The minimum Gasteiger partial charge on any atom is -0.446 e. The highest BCUT2D eigenvalue weighted by molar-refractivity contribution is 7.92. The van der Waals surface area contributed by atoms with Crippen LogP contribution < -0.4 is 4.31 Å². The van der Waals surface area contributed by atoms with Crippen molar-refractivity contribution in [3.63, 3.8) is 0 Å². The summed E-state index contributed by atoms with van der Waals surface area (Å²) in [7, 11) is -2.24. The average Bonchev–Trinajstić information content (AvgIpc) is 3.11. The molecular weight excluding hydrogens is 372 g/mol. The standard InChI is InChI=1S/C19H15ClN2O3S/c1-13-3-4-14(19-10-7-16(12-21)25-19)11-18(13)22(2)26(23,24)17-8-5-15(20)6-9-17/h3-11H,1-2H3. The molecule has 132 valence electrons. The Morgan fingerprint density at radius 3 is 2.38 bits per heavy atom. The molecule has 26 heavy (non-hydrogen) atoms. The third-order valence-electron chi connectivity index (χ3n) is 4.02. The van der Waals surface area contributed by atoms with Crippen molar-refractivity contribution in [3.05, 3.63) is 70.9 Å². The number of hydrogen-bond acceptors (Lipinski definition) is 4. The maximum Gasteiger partial charge on any atom is 0.264 e. The van der Waals surface area contributed by atoms with Gasteiger partial charge in [0.25, 0.3) is 10.0 Å². The third-order valence-corrected chi connectivity index (χ3v) is 6.06. The summed E-state index contributed by atoms with van der Waals surface area (Å²) < 4.78 is 32.5. The van der Waals surface area contributed by atoms with Crippen LogP contribution in [0.15, 0.2) is 63.9 Å². The Kier molecular flexibility index (Phi) is 4.77. The summed E-state index contributed by atoms with van der Waals surface area (Å²) in [5.41, 5.74) is 2.00. The molecule has 2 aromatic carbocycles. The largest absolute Gasteiger partial charge is 0.446 e. The van der Waals surface area contributed by atoms with Crippen molar-refractivity contribution >= 4 is 27.3 Å². The lowest BCUT2D eigenvalue weighted by Crippen LogP contribution is -2.27. The SMILES string of the molecule is Cc1ccc(-c2ccc(C#N)o2)cc1N(C)S(=O)(=O)c1ccc(Cl)cc1. The number of nitrogens with zero attached hydrogens (tertiary/aromatic N) is 2. The normalized spacial score (nSPS) is 11.2. The maximum atomic E-state index is 12.9. The zero-order chi connectivity index (χ0) is 18.9. The number of rotatable bonds is 4. The molecule has 0 N–H and O–H groups in total. The predicted octanol–water partition coefficient (Wildman–Crippen LogP) is 4.61. The first-order chi connectivity index (χ1) is 12.3. The Balaban J connectivity index is 2.04. The van der Waals surface area contributed by atoms with Gasteiger partial charge in [-0.2, -0.15) is 5.26 Å². The van der Waals surface area contributed by atoms with E-state index in [9.17, 15) is 8.42 Å². The van der Waals surface area contributed by atoms with Crippen LogP contribution in [0.5, 0.6) is 0 Å². The van der Waals surface area contributed by atoms with Crippen LogP contribution in [0.25, 0.3) is 11.3 Å². The first-order valence-electron chi connectivity index (χ1n) is 7.68. The van der Waals surface area contributed by atoms with Gasteiger partial charge in [0.15, 0.2) is 0 Å². The number of halogens is 1. The van der Waals surface area contributed by atoms with E-state index in [-0.39, 0.29) is 10.7 Å². The van der Waals surface area contributed by atoms with Crippen LogP contribution in [0, 0.1) is 18.3 Å². The molecule has 0 aliphatic carbocycles. The van der Waals surface area contributed by atoms with Gasteiger partial charge < -0.3 is 4.42 Å². The lowest BCUT2D eigenvalue weighted by atomic mass is 10.1. The van der Waals surface area contributed by atoms with Crippen molar-refractivity contribution in [2.24, 2.45) is 0 Å². The molecular formula is C19H15ClN2O3S. The molecule has 3 rings (SSSR count). The first-order valence-corrected chi connectivity index (χ1v) is 9.50. The van der Waals surface area contributed by atoms with E-state index in [1.807, 2.05) is 25.1 Å². The quantitative estimate of drug-likeness (QED) is 0.656. The molecule has 5 nitrogen and oxygen atoms in total. The van der Waals surface area contributed by atoms with Gasteiger partial charge in [-0.05, 0) is 55.0 Å². The van der Waals surface area contributed by atoms with Crippen LogP contribution in [-0.4, -0.2) is 15.5 Å². The summed E-state index contributed by atoms with van der Waals surface area (Å²) in [6.07, 6.45) is 0. The van der Waals surface area contributed by atoms with Gasteiger partial charge in [-0.25, -0.2) is 8.42 Å². The molecule has 0 radical (unpaired) electrons. The number of sulfonamides is 1. The second kappa shape index (κ2) is 6.87. The van der Waals surface area contributed by atoms with Crippen molar-refractivity contribution in [2.45, 2.75) is 11.8 Å². The highest BCUT2D eigenvalue weighted by Gasteiger charge is 2.23. The zero-order valence-corrected chi connectivity index (χ0v) is 15.7. The highest BCUT2D eigenvalue weighted by atomic mass is 35.5. The van der Waals surface area contributed by atoms with Crippen LogP contribution in [-0.2, 0) is 10.0 Å². The molecule has 3 aromatic rings. The van der Waals surface area contributed by atoms with E-state index in [2.05, 4.69) is 0 Å². The van der Waals surface area contributed by atoms with E-state index >= 15 is 0 Å². The minimum atomic E-state index is -3.74. The van der Waals surface area contributed by atoms with Crippen LogP contribution >= 0.6 is 11.6 Å². The van der Waals surface area contributed by atoms with E-state index in [0.717, 1.165) is 5.56 Å². The first kappa shape index (κ1) is 18.1. The highest BCUT2D eigenvalue weighted by Crippen LogP contribution is 2.31. The van der Waals surface area contributed by atoms with Crippen LogP contribution in [0.4, 0.5) is 5.69 Å². The van der Waals surface area contributed by atoms with Gasteiger partial charge in [-0.3, -0.25) is 4.31 Å². The van der Waals surface area contributed by atoms with E-state index in [1.165, 1.54) is 35.6 Å². The summed E-state index contributed by atoms with van der Waals surface area (Å²) >= 11 is 5.84. The monoisotopic (exact) mass is 386 g/mol. The number of hydrogen-bond donors (Lipinski definition) is 0. The molecule has 1 heterocycles. The summed E-state index contributed by atoms with van der Waals surface area (Å²) in [5.74, 6) is 0.698. The zero-order valence-electron chi connectivity index (χ0n) is 14.1. The lowest BCUT2D eigenvalue weighted by Gasteiger charge is -2.22. The Bertz CT molecular complexity index is 1100. The van der Waals surface area contributed by atoms with Gasteiger partial charge in [0.05, 0.1) is 10.6 Å². The van der Waals surface area contributed by atoms with E-state index in [4.69, 9.17) is 21.3 Å². The van der Waals surface area contributed by atoms with E-state index in [1.54, 1.807) is 18.2 Å². The van der Waals surface area contributed by atoms with Gasteiger partial charge >= 0.3 is 0 Å². The van der Waals surface area contributed by atoms with Crippen molar-refractivity contribution in [2.75, 3.05) is 11.4 Å². The van der Waals surface area contributed by atoms with E-state index in [0.29, 0.717) is 22.0 Å². The van der Waals surface area contributed by atoms with Crippen molar-refractivity contribution < 1.29 is 12.8 Å². The molecule has 0 bridgehead atoms. The summed E-state index contributed by atoms with van der Waals surface area (Å²) in [5, 5.41) is 9.36. The molecule has 0 aliphatic heterocycles. The summed E-state index contributed by atoms with van der Waals surface area (Å²) in [6.45, 7) is 1.83. The fourth-order valence-corrected chi connectivity index (χ4v) is 3.93. The van der Waals surface area contributed by atoms with E-state index < -0.39 is 10.0 Å². The van der Waals surface area contributed by atoms with Gasteiger partial charge in [-0.1, -0.05) is 23.7 Å². The van der Waals surface area contributed by atoms with Gasteiger partial charge in [0.2, 0.25) is 5.76 Å². The fraction of sp³-hybridized carbons (Fsp3) is 0.105. The van der Waals surface area contributed by atoms with Gasteiger partial charge in [0.1, 0.15) is 11.8 Å². The van der Waals surface area contributed by atoms with Crippen molar-refractivity contribution in [1.29, 1.82) is 5.26 Å². The van der Waals surface area contributed by atoms with Crippen molar-refractivity contribution in [1.82, 2.24) is 0 Å². The molecule has 7 heteroatoms. The Morgan fingerprint density at radius 2 is 1.77 bits per heavy atom. The number of anilines is 1. The Morgan fingerprint density at radius 1 is 1.08 bits per heavy atom. The second-order valence-corrected chi connectivity index (χ2v) is 8.11. The third kappa shape index (κ3) is 3.32. The van der Waals surface area contributed by atoms with Crippen LogP contribution in [0.1, 0.15) is 11.3 Å². The molecule has 0 aliphatic rings. The van der Waals surface area contributed by atoms with Gasteiger partial charge in [-0.15, -0.1) is 0 Å². The Labute approximate surface area is 157 Å². The summed E-state index contributed by atoms with van der Waals surface area (Å²) in [4.78, 5) is 0.152. The molecule has 0 atom stereocenters. The number of furan rings is 1. The lowest BCUT2D eigenvalue weighted by molar-refractivity contribution is 0.567. The second-order valence-electron chi connectivity index (χ2n) is 5.70. The fourth-order valence-electron chi connectivity index (χ4n) is 2.55. The number of benzene rings is 2. The molecule has 0 amide bonds. The van der Waals surface area contributed by atoms with Gasteiger partial charge in [0, 0.05) is 17.6 Å². The average molecular weight is 387 g/mol. The molecule has 1 aromatic heterocycles. The van der Waals surface area contributed by atoms with Crippen molar-refractivity contribution in [3.8, 4) is 17.4 Å². The Hall–Kier alpha value is -2.75. The van der Waals surface area contributed by atoms with Crippen LogP contribution in [0.2, 0.25) is 5.02 Å². The minimum absolute atomic E-state index is 0.152. The van der Waals surface area contributed by atoms with Crippen LogP contribution in [0.3, 0.4) is 0 Å². The molecule has 0 spiro atoms. The smallest absolute Gasteiger partial charge is 0.264 e.